The van der Waals surface area contributed by atoms with Crippen molar-refractivity contribution < 1.29 is 9.47 Å². The third kappa shape index (κ3) is 1.53. The number of hydrogen-bond donors (Lipinski definition) is 0. The summed E-state index contributed by atoms with van der Waals surface area (Å²) in [7, 11) is 0. The summed E-state index contributed by atoms with van der Waals surface area (Å²) >= 11 is 0. The van der Waals surface area contributed by atoms with Crippen LogP contribution in [-0.2, 0) is 9.47 Å². The Labute approximate surface area is 93.3 Å². The molecule has 0 heterocycles. The number of fused-ring (bicyclic) bond motifs is 2. The first-order valence-electron chi connectivity index (χ1n) is 6.21. The van der Waals surface area contributed by atoms with Crippen LogP contribution in [0.15, 0.2) is 0 Å². The van der Waals surface area contributed by atoms with Crippen LogP contribution in [0, 0.1) is 16.7 Å². The third-order valence-electron chi connectivity index (χ3n) is 5.27. The fraction of sp³-hybridized carbons (Fsp3) is 1.00. The largest absolute Gasteiger partial charge is 0.356 e. The molecule has 0 amide bonds. The highest BCUT2D eigenvalue weighted by atomic mass is 16.7. The summed E-state index contributed by atoms with van der Waals surface area (Å²) in [6, 6.07) is 0. The van der Waals surface area contributed by atoms with Gasteiger partial charge < -0.3 is 9.47 Å². The van der Waals surface area contributed by atoms with Crippen molar-refractivity contribution in [1.29, 1.82) is 0 Å². The zero-order valence-corrected chi connectivity index (χ0v) is 10.5. The molecule has 0 N–H and O–H groups in total. The van der Waals surface area contributed by atoms with E-state index < -0.39 is 0 Å². The third-order valence-corrected chi connectivity index (χ3v) is 5.27. The van der Waals surface area contributed by atoms with Crippen molar-refractivity contribution in [2.75, 3.05) is 13.4 Å². The lowest BCUT2D eigenvalue weighted by atomic mass is 9.70. The minimum Gasteiger partial charge on any atom is -0.356 e. The molecule has 2 fully saturated rings. The molecule has 2 nitrogen and oxygen atoms in total. The van der Waals surface area contributed by atoms with Crippen molar-refractivity contribution in [3.8, 4) is 0 Å². The Bertz CT molecular complexity index is 237. The second kappa shape index (κ2) is 3.74. The quantitative estimate of drug-likeness (QED) is 0.526. The fourth-order valence-electron chi connectivity index (χ4n) is 3.60. The monoisotopic (exact) mass is 212 g/mol. The molecule has 2 bridgehead atoms. The Balaban J connectivity index is 1.99. The van der Waals surface area contributed by atoms with E-state index in [0.29, 0.717) is 23.7 Å². The van der Waals surface area contributed by atoms with Crippen molar-refractivity contribution in [2.24, 2.45) is 16.7 Å². The molecule has 88 valence electrons. The van der Waals surface area contributed by atoms with Gasteiger partial charge in [0.2, 0.25) is 0 Å². The molecule has 0 aromatic heterocycles. The van der Waals surface area contributed by atoms with Gasteiger partial charge in [-0.2, -0.15) is 0 Å². The van der Waals surface area contributed by atoms with Gasteiger partial charge >= 0.3 is 0 Å². The maximum atomic E-state index is 5.89. The van der Waals surface area contributed by atoms with Gasteiger partial charge in [0, 0.05) is 6.61 Å². The Morgan fingerprint density at radius 1 is 1.27 bits per heavy atom. The van der Waals surface area contributed by atoms with Crippen LogP contribution in [0.5, 0.6) is 0 Å². The first-order valence-corrected chi connectivity index (χ1v) is 6.21. The van der Waals surface area contributed by atoms with E-state index >= 15 is 0 Å². The van der Waals surface area contributed by atoms with E-state index in [9.17, 15) is 0 Å². The topological polar surface area (TPSA) is 18.5 Å². The summed E-state index contributed by atoms with van der Waals surface area (Å²) < 4.78 is 11.2. The standard InChI is InChI=1S/C13H24O2/c1-5-14-9-15-11-8-10-6-7-13(11,4)12(10,2)3/h10-11H,5-9H2,1-4H3. The molecule has 0 aromatic carbocycles. The highest BCUT2D eigenvalue weighted by Gasteiger charge is 2.61. The van der Waals surface area contributed by atoms with Crippen molar-refractivity contribution >= 4 is 0 Å². The number of rotatable bonds is 4. The van der Waals surface area contributed by atoms with Crippen LogP contribution in [0.4, 0.5) is 0 Å². The highest BCUT2D eigenvalue weighted by Crippen LogP contribution is 2.66. The molecule has 3 atom stereocenters. The molecule has 2 aliphatic carbocycles. The zero-order valence-electron chi connectivity index (χ0n) is 10.5. The van der Waals surface area contributed by atoms with E-state index in [4.69, 9.17) is 9.47 Å². The van der Waals surface area contributed by atoms with E-state index in [0.717, 1.165) is 12.5 Å². The molecule has 0 spiro atoms. The molecule has 2 rings (SSSR count). The van der Waals surface area contributed by atoms with Gasteiger partial charge in [-0.05, 0) is 42.9 Å². The van der Waals surface area contributed by atoms with Gasteiger partial charge in [-0.1, -0.05) is 20.8 Å². The maximum Gasteiger partial charge on any atom is 0.147 e. The normalized spacial score (nSPS) is 42.4. The van der Waals surface area contributed by atoms with Crippen molar-refractivity contribution in [1.82, 2.24) is 0 Å². The Hall–Kier alpha value is -0.0800. The first kappa shape index (κ1) is 11.4. The molecule has 0 aromatic rings. The summed E-state index contributed by atoms with van der Waals surface area (Å²) in [6.45, 7) is 10.5. The average molecular weight is 212 g/mol. The molecule has 2 saturated carbocycles. The van der Waals surface area contributed by atoms with E-state index in [1.165, 1.54) is 19.3 Å². The molecular formula is C13H24O2. The lowest BCUT2D eigenvalue weighted by Gasteiger charge is -2.38. The summed E-state index contributed by atoms with van der Waals surface area (Å²) in [6.07, 6.45) is 4.36. The lowest BCUT2D eigenvalue weighted by Crippen LogP contribution is -2.37. The van der Waals surface area contributed by atoms with E-state index in [1.54, 1.807) is 0 Å². The van der Waals surface area contributed by atoms with Crippen molar-refractivity contribution in [2.45, 2.75) is 53.1 Å². The molecule has 3 unspecified atom stereocenters. The van der Waals surface area contributed by atoms with Crippen LogP contribution >= 0.6 is 0 Å². The van der Waals surface area contributed by atoms with Gasteiger partial charge in [0.25, 0.3) is 0 Å². The minimum atomic E-state index is 0.370. The Morgan fingerprint density at radius 2 is 2.00 bits per heavy atom. The van der Waals surface area contributed by atoms with E-state index in [2.05, 4.69) is 20.8 Å². The second-order valence-electron chi connectivity index (χ2n) is 5.88. The van der Waals surface area contributed by atoms with Gasteiger partial charge in [0.15, 0.2) is 0 Å². The van der Waals surface area contributed by atoms with Gasteiger partial charge in [0.1, 0.15) is 6.79 Å². The number of ether oxygens (including phenoxy) is 2. The Morgan fingerprint density at radius 3 is 2.47 bits per heavy atom. The molecule has 2 heteroatoms. The van der Waals surface area contributed by atoms with E-state index in [1.807, 2.05) is 6.92 Å². The van der Waals surface area contributed by atoms with Crippen molar-refractivity contribution in [3.05, 3.63) is 0 Å². The fourth-order valence-corrected chi connectivity index (χ4v) is 3.60. The minimum absolute atomic E-state index is 0.370. The summed E-state index contributed by atoms with van der Waals surface area (Å²) in [5.74, 6) is 0.856. The predicted octanol–water partition coefficient (Wildman–Crippen LogP) is 3.21. The van der Waals surface area contributed by atoms with Crippen LogP contribution in [0.25, 0.3) is 0 Å². The van der Waals surface area contributed by atoms with Gasteiger partial charge in [-0.15, -0.1) is 0 Å². The molecule has 15 heavy (non-hydrogen) atoms. The lowest BCUT2D eigenvalue weighted by molar-refractivity contribution is -0.129. The van der Waals surface area contributed by atoms with Gasteiger partial charge in [0.05, 0.1) is 6.10 Å². The van der Waals surface area contributed by atoms with E-state index in [-0.39, 0.29) is 0 Å². The highest BCUT2D eigenvalue weighted by molar-refractivity contribution is 5.10. The average Bonchev–Trinajstić information content (AvgIpc) is 2.51. The molecular weight excluding hydrogens is 188 g/mol. The van der Waals surface area contributed by atoms with Crippen LogP contribution in [0.2, 0.25) is 0 Å². The van der Waals surface area contributed by atoms with Gasteiger partial charge in [-0.3, -0.25) is 0 Å². The summed E-state index contributed by atoms with van der Waals surface area (Å²) in [4.78, 5) is 0. The first-order chi connectivity index (χ1) is 7.02. The number of hydrogen-bond acceptors (Lipinski definition) is 2. The van der Waals surface area contributed by atoms with Crippen LogP contribution in [0.1, 0.15) is 47.0 Å². The van der Waals surface area contributed by atoms with Crippen LogP contribution in [0.3, 0.4) is 0 Å². The predicted molar refractivity (Wildman–Crippen MR) is 60.6 cm³/mol. The zero-order chi connectivity index (χ0) is 11.1. The summed E-state index contributed by atoms with van der Waals surface area (Å²) in [5, 5.41) is 0. The smallest absolute Gasteiger partial charge is 0.147 e. The maximum absolute atomic E-state index is 5.89. The van der Waals surface area contributed by atoms with Gasteiger partial charge in [-0.25, -0.2) is 0 Å². The van der Waals surface area contributed by atoms with Crippen molar-refractivity contribution in [3.63, 3.8) is 0 Å². The molecule has 0 saturated heterocycles. The van der Waals surface area contributed by atoms with Crippen LogP contribution in [-0.4, -0.2) is 19.5 Å². The summed E-state index contributed by atoms with van der Waals surface area (Å²) in [5.41, 5.74) is 0.818. The molecule has 0 radical (unpaired) electrons. The Kier molecular flexibility index (Phi) is 2.85. The molecule has 0 aliphatic heterocycles. The van der Waals surface area contributed by atoms with Crippen LogP contribution < -0.4 is 0 Å². The molecule has 2 aliphatic rings. The SMILES string of the molecule is CCOCOC1CC2CCC1(C)C2(C)C. The second-order valence-corrected chi connectivity index (χ2v) is 5.88.